The summed E-state index contributed by atoms with van der Waals surface area (Å²) in [6.07, 6.45) is 3.60. The first kappa shape index (κ1) is 16.8. The van der Waals surface area contributed by atoms with Crippen LogP contribution in [0.5, 0.6) is 0 Å². The summed E-state index contributed by atoms with van der Waals surface area (Å²) < 4.78 is 4.85. The summed E-state index contributed by atoms with van der Waals surface area (Å²) in [6, 6.07) is 7.81. The molecule has 1 aromatic carbocycles. The van der Waals surface area contributed by atoms with Gasteiger partial charge in [0, 0.05) is 25.2 Å². The summed E-state index contributed by atoms with van der Waals surface area (Å²) >= 11 is 0. The quantitative estimate of drug-likeness (QED) is 0.864. The fourth-order valence-corrected chi connectivity index (χ4v) is 3.17. The van der Waals surface area contributed by atoms with Crippen molar-refractivity contribution in [2.45, 2.75) is 25.8 Å². The van der Waals surface area contributed by atoms with Gasteiger partial charge in [0.25, 0.3) is 5.91 Å². The van der Waals surface area contributed by atoms with E-state index in [0.717, 1.165) is 6.54 Å². The molecule has 2 aliphatic heterocycles. The van der Waals surface area contributed by atoms with Crippen LogP contribution in [0.3, 0.4) is 0 Å². The van der Waals surface area contributed by atoms with Crippen LogP contribution in [0.2, 0.25) is 0 Å². The molecule has 2 aliphatic rings. The highest BCUT2D eigenvalue weighted by atomic mass is 16.6. The number of hydrogen-bond donors (Lipinski definition) is 1. The van der Waals surface area contributed by atoms with Crippen LogP contribution in [0, 0.1) is 0 Å². The number of hydrogen-bond acceptors (Lipinski definition) is 4. The summed E-state index contributed by atoms with van der Waals surface area (Å²) in [7, 11) is 0. The maximum atomic E-state index is 12.1. The molecule has 2 amide bonds. The zero-order chi connectivity index (χ0) is 16.8. The molecule has 2 saturated heterocycles. The first-order valence-electron chi connectivity index (χ1n) is 8.73. The third-order valence-corrected chi connectivity index (χ3v) is 4.58. The van der Waals surface area contributed by atoms with Crippen LogP contribution in [0.15, 0.2) is 24.3 Å². The molecule has 1 aromatic rings. The normalized spacial score (nSPS) is 18.5. The molecule has 0 aliphatic carbocycles. The smallest absolute Gasteiger partial charge is 0.409 e. The Balaban J connectivity index is 1.44. The van der Waals surface area contributed by atoms with Gasteiger partial charge < -0.3 is 15.0 Å². The lowest BCUT2D eigenvalue weighted by molar-refractivity contribution is 0.0948. The topological polar surface area (TPSA) is 61.9 Å². The third kappa shape index (κ3) is 4.47. The number of ether oxygens (including phenoxy) is 1. The highest BCUT2D eigenvalue weighted by molar-refractivity contribution is 5.94. The van der Waals surface area contributed by atoms with Crippen molar-refractivity contribution in [1.29, 1.82) is 0 Å². The van der Waals surface area contributed by atoms with Crippen LogP contribution in [0.1, 0.15) is 35.2 Å². The van der Waals surface area contributed by atoms with E-state index in [1.165, 1.54) is 37.9 Å². The summed E-state index contributed by atoms with van der Waals surface area (Å²) in [4.78, 5) is 27.5. The van der Waals surface area contributed by atoms with E-state index in [2.05, 4.69) is 10.2 Å². The molecule has 0 unspecified atom stereocenters. The Morgan fingerprint density at radius 1 is 1.08 bits per heavy atom. The molecule has 0 bridgehead atoms. The van der Waals surface area contributed by atoms with Gasteiger partial charge in [-0.15, -0.1) is 0 Å². The molecular weight excluding hydrogens is 306 g/mol. The average Bonchev–Trinajstić information content (AvgIpc) is 3.01. The molecule has 0 aromatic heterocycles. The van der Waals surface area contributed by atoms with Gasteiger partial charge in [-0.05, 0) is 43.6 Å². The molecule has 130 valence electrons. The van der Waals surface area contributed by atoms with Crippen molar-refractivity contribution in [3.63, 3.8) is 0 Å². The molecule has 24 heavy (non-hydrogen) atoms. The second kappa shape index (κ2) is 8.15. The molecule has 6 heteroatoms. The summed E-state index contributed by atoms with van der Waals surface area (Å²) in [5.74, 6) is -0.105. The lowest BCUT2D eigenvalue weighted by Crippen LogP contribution is -2.35. The number of rotatable bonds is 6. The van der Waals surface area contributed by atoms with Crippen molar-refractivity contribution in [1.82, 2.24) is 15.1 Å². The fourth-order valence-electron chi connectivity index (χ4n) is 3.17. The van der Waals surface area contributed by atoms with Gasteiger partial charge in [0.1, 0.15) is 6.61 Å². The SMILES string of the molecule is O=C(NCCN1CCOC1=O)c1ccc(CN2CCCCC2)cc1. The summed E-state index contributed by atoms with van der Waals surface area (Å²) in [5, 5.41) is 2.85. The molecule has 0 saturated carbocycles. The second-order valence-electron chi connectivity index (χ2n) is 6.39. The predicted octanol–water partition coefficient (Wildman–Crippen LogP) is 1.85. The van der Waals surface area contributed by atoms with E-state index in [0.29, 0.717) is 31.8 Å². The number of amides is 2. The first-order valence-corrected chi connectivity index (χ1v) is 8.73. The zero-order valence-electron chi connectivity index (χ0n) is 14.0. The minimum atomic E-state index is -0.300. The van der Waals surface area contributed by atoms with E-state index in [1.807, 2.05) is 24.3 Å². The van der Waals surface area contributed by atoms with Crippen molar-refractivity contribution in [3.05, 3.63) is 35.4 Å². The lowest BCUT2D eigenvalue weighted by atomic mass is 10.1. The minimum Gasteiger partial charge on any atom is -0.448 e. The van der Waals surface area contributed by atoms with Gasteiger partial charge in [-0.25, -0.2) is 4.79 Å². The summed E-state index contributed by atoms with van der Waals surface area (Å²) in [6.45, 7) is 5.24. The maximum absolute atomic E-state index is 12.1. The highest BCUT2D eigenvalue weighted by Gasteiger charge is 2.21. The fraction of sp³-hybridized carbons (Fsp3) is 0.556. The van der Waals surface area contributed by atoms with Crippen LogP contribution < -0.4 is 5.32 Å². The van der Waals surface area contributed by atoms with Gasteiger partial charge in [0.15, 0.2) is 0 Å². The van der Waals surface area contributed by atoms with Gasteiger partial charge in [-0.3, -0.25) is 9.69 Å². The van der Waals surface area contributed by atoms with E-state index in [-0.39, 0.29) is 12.0 Å². The standard InChI is InChI=1S/C18H25N3O3/c22-17(19-8-11-21-12-13-24-18(21)23)16-6-4-15(5-7-16)14-20-9-2-1-3-10-20/h4-7H,1-3,8-14H2,(H,19,22). The number of cyclic esters (lactones) is 1. The second-order valence-corrected chi connectivity index (χ2v) is 6.39. The van der Waals surface area contributed by atoms with Crippen molar-refractivity contribution in [2.24, 2.45) is 0 Å². The zero-order valence-corrected chi connectivity index (χ0v) is 14.0. The van der Waals surface area contributed by atoms with E-state index in [9.17, 15) is 9.59 Å². The molecule has 2 heterocycles. The number of carbonyl (C=O) groups is 2. The molecule has 0 atom stereocenters. The Kier molecular flexibility index (Phi) is 5.69. The third-order valence-electron chi connectivity index (χ3n) is 4.58. The average molecular weight is 331 g/mol. The Hall–Kier alpha value is -2.08. The molecule has 6 nitrogen and oxygen atoms in total. The number of benzene rings is 1. The minimum absolute atomic E-state index is 0.105. The van der Waals surface area contributed by atoms with Gasteiger partial charge >= 0.3 is 6.09 Å². The monoisotopic (exact) mass is 331 g/mol. The molecule has 1 N–H and O–H groups in total. The molecular formula is C18H25N3O3. The van der Waals surface area contributed by atoms with Crippen molar-refractivity contribution in [2.75, 3.05) is 39.3 Å². The van der Waals surface area contributed by atoms with Crippen LogP contribution in [0.25, 0.3) is 0 Å². The van der Waals surface area contributed by atoms with Gasteiger partial charge in [0.05, 0.1) is 6.54 Å². The molecule has 3 rings (SSSR count). The van der Waals surface area contributed by atoms with Gasteiger partial charge in [-0.2, -0.15) is 0 Å². The van der Waals surface area contributed by atoms with Gasteiger partial charge in [-0.1, -0.05) is 18.6 Å². The molecule has 0 radical (unpaired) electrons. The van der Waals surface area contributed by atoms with Crippen molar-refractivity contribution in [3.8, 4) is 0 Å². The Morgan fingerprint density at radius 3 is 2.50 bits per heavy atom. The van der Waals surface area contributed by atoms with Crippen LogP contribution >= 0.6 is 0 Å². The highest BCUT2D eigenvalue weighted by Crippen LogP contribution is 2.13. The van der Waals surface area contributed by atoms with E-state index < -0.39 is 0 Å². The maximum Gasteiger partial charge on any atom is 0.409 e. The van der Waals surface area contributed by atoms with Crippen LogP contribution in [-0.4, -0.2) is 61.1 Å². The van der Waals surface area contributed by atoms with Crippen LogP contribution in [0.4, 0.5) is 4.79 Å². The van der Waals surface area contributed by atoms with Gasteiger partial charge in [0.2, 0.25) is 0 Å². The number of piperidine rings is 1. The summed E-state index contributed by atoms with van der Waals surface area (Å²) in [5.41, 5.74) is 1.90. The number of nitrogens with one attached hydrogen (secondary N) is 1. The molecule has 2 fully saturated rings. The largest absolute Gasteiger partial charge is 0.448 e. The molecule has 0 spiro atoms. The Bertz CT molecular complexity index is 567. The Morgan fingerprint density at radius 2 is 1.83 bits per heavy atom. The van der Waals surface area contributed by atoms with E-state index in [1.54, 1.807) is 4.90 Å². The Labute approximate surface area is 142 Å². The lowest BCUT2D eigenvalue weighted by Gasteiger charge is -2.26. The number of likely N-dealkylation sites (tertiary alicyclic amines) is 1. The van der Waals surface area contributed by atoms with Crippen LogP contribution in [-0.2, 0) is 11.3 Å². The van der Waals surface area contributed by atoms with E-state index in [4.69, 9.17) is 4.74 Å². The van der Waals surface area contributed by atoms with E-state index >= 15 is 0 Å². The number of carbonyl (C=O) groups excluding carboxylic acids is 2. The first-order chi connectivity index (χ1) is 11.7. The number of nitrogens with zero attached hydrogens (tertiary/aromatic N) is 2. The van der Waals surface area contributed by atoms with Crippen molar-refractivity contribution < 1.29 is 14.3 Å². The predicted molar refractivity (Wildman–Crippen MR) is 90.8 cm³/mol. The van der Waals surface area contributed by atoms with Crippen molar-refractivity contribution >= 4 is 12.0 Å².